The van der Waals surface area contributed by atoms with Crippen LogP contribution in [0.3, 0.4) is 0 Å². The fourth-order valence-corrected chi connectivity index (χ4v) is 2.40. The Balaban J connectivity index is 2.17. The molecule has 106 valence electrons. The zero-order valence-corrected chi connectivity index (χ0v) is 11.5. The quantitative estimate of drug-likeness (QED) is 0.737. The highest BCUT2D eigenvalue weighted by Crippen LogP contribution is 2.30. The number of halogens is 1. The molecule has 1 aromatic heterocycles. The molecule has 3 aromatic rings. The molecule has 1 heterocycles. The number of carbonyl (C=O) groups is 1. The summed E-state index contributed by atoms with van der Waals surface area (Å²) in [5, 5.41) is 0.688. The largest absolute Gasteiger partial charge is 0.493 e. The smallest absolute Gasteiger partial charge is 0.198 e. The van der Waals surface area contributed by atoms with Gasteiger partial charge in [0.05, 0.1) is 23.1 Å². The first-order valence-corrected chi connectivity index (χ1v) is 6.74. The lowest BCUT2D eigenvalue weighted by Crippen LogP contribution is -2.04. The standard InChI is InChI=1S/C17H14FNO2/c1-2-21-15-9-5-8-14-16(15)12(10-19-14)17(20)11-6-3-4-7-13(11)18/h3-10,19H,2H2,1H3. The van der Waals surface area contributed by atoms with Gasteiger partial charge in [0.15, 0.2) is 5.78 Å². The molecule has 3 nitrogen and oxygen atoms in total. The highest BCUT2D eigenvalue weighted by atomic mass is 19.1. The number of nitrogens with one attached hydrogen (secondary N) is 1. The van der Waals surface area contributed by atoms with Crippen molar-refractivity contribution in [3.63, 3.8) is 0 Å². The Morgan fingerprint density at radius 3 is 2.71 bits per heavy atom. The van der Waals surface area contributed by atoms with Crippen LogP contribution in [0.15, 0.2) is 48.7 Å². The van der Waals surface area contributed by atoms with Gasteiger partial charge in [-0.25, -0.2) is 4.39 Å². The Morgan fingerprint density at radius 1 is 1.14 bits per heavy atom. The SMILES string of the molecule is CCOc1cccc2[nH]cc(C(=O)c3ccccc3F)c12. The Bertz CT molecular complexity index is 807. The lowest BCUT2D eigenvalue weighted by molar-refractivity contribution is 0.103. The van der Waals surface area contributed by atoms with Crippen LogP contribution in [0.2, 0.25) is 0 Å². The third-order valence-corrected chi connectivity index (χ3v) is 3.33. The molecule has 4 heteroatoms. The highest BCUT2D eigenvalue weighted by molar-refractivity contribution is 6.17. The van der Waals surface area contributed by atoms with Crippen molar-refractivity contribution in [3.05, 3.63) is 65.6 Å². The second-order valence-electron chi connectivity index (χ2n) is 4.62. The fourth-order valence-electron chi connectivity index (χ4n) is 2.40. The van der Waals surface area contributed by atoms with E-state index in [-0.39, 0.29) is 11.3 Å². The molecule has 2 aromatic carbocycles. The number of H-pyrrole nitrogens is 1. The van der Waals surface area contributed by atoms with Gasteiger partial charge in [0.2, 0.25) is 0 Å². The van der Waals surface area contributed by atoms with Gasteiger partial charge in [-0.1, -0.05) is 18.2 Å². The topological polar surface area (TPSA) is 42.1 Å². The number of aromatic nitrogens is 1. The fraction of sp³-hybridized carbons (Fsp3) is 0.118. The summed E-state index contributed by atoms with van der Waals surface area (Å²) in [6.07, 6.45) is 1.60. The number of ketones is 1. The van der Waals surface area contributed by atoms with E-state index in [1.807, 2.05) is 19.1 Å². The molecule has 0 atom stereocenters. The Kier molecular flexibility index (Phi) is 3.44. The lowest BCUT2D eigenvalue weighted by Gasteiger charge is -2.07. The van der Waals surface area contributed by atoms with Crippen LogP contribution in [0.5, 0.6) is 5.75 Å². The lowest BCUT2D eigenvalue weighted by atomic mass is 10.0. The van der Waals surface area contributed by atoms with E-state index >= 15 is 0 Å². The average Bonchev–Trinajstić information content (AvgIpc) is 2.92. The van der Waals surface area contributed by atoms with Crippen LogP contribution in [-0.4, -0.2) is 17.4 Å². The number of ether oxygens (including phenoxy) is 1. The van der Waals surface area contributed by atoms with Crippen molar-refractivity contribution in [2.24, 2.45) is 0 Å². The number of rotatable bonds is 4. The minimum Gasteiger partial charge on any atom is -0.493 e. The van der Waals surface area contributed by atoms with E-state index in [1.165, 1.54) is 12.1 Å². The molecule has 0 saturated carbocycles. The molecular weight excluding hydrogens is 269 g/mol. The van der Waals surface area contributed by atoms with Crippen LogP contribution in [0.1, 0.15) is 22.8 Å². The van der Waals surface area contributed by atoms with Gasteiger partial charge in [-0.15, -0.1) is 0 Å². The summed E-state index contributed by atoms with van der Waals surface area (Å²) < 4.78 is 19.4. The van der Waals surface area contributed by atoms with Crippen molar-refractivity contribution in [3.8, 4) is 5.75 Å². The van der Waals surface area contributed by atoms with Gasteiger partial charge in [0.25, 0.3) is 0 Å². The molecule has 0 aliphatic heterocycles. The normalized spacial score (nSPS) is 10.8. The van der Waals surface area contributed by atoms with Gasteiger partial charge in [-0.3, -0.25) is 4.79 Å². The third-order valence-electron chi connectivity index (χ3n) is 3.33. The monoisotopic (exact) mass is 283 g/mol. The average molecular weight is 283 g/mol. The zero-order valence-electron chi connectivity index (χ0n) is 11.5. The van der Waals surface area contributed by atoms with Gasteiger partial charge >= 0.3 is 0 Å². The highest BCUT2D eigenvalue weighted by Gasteiger charge is 2.19. The van der Waals surface area contributed by atoms with Crippen LogP contribution in [0.25, 0.3) is 10.9 Å². The van der Waals surface area contributed by atoms with Crippen LogP contribution >= 0.6 is 0 Å². The van der Waals surface area contributed by atoms with Gasteiger partial charge in [-0.05, 0) is 31.2 Å². The van der Waals surface area contributed by atoms with E-state index in [0.29, 0.717) is 23.3 Å². The first-order valence-electron chi connectivity index (χ1n) is 6.74. The molecule has 0 radical (unpaired) electrons. The van der Waals surface area contributed by atoms with Crippen LogP contribution in [-0.2, 0) is 0 Å². The van der Waals surface area contributed by atoms with Crippen molar-refractivity contribution >= 4 is 16.7 Å². The molecule has 0 amide bonds. The Labute approximate surface area is 121 Å². The molecule has 0 unspecified atom stereocenters. The first kappa shape index (κ1) is 13.4. The van der Waals surface area contributed by atoms with E-state index in [1.54, 1.807) is 24.4 Å². The van der Waals surface area contributed by atoms with Gasteiger partial charge in [-0.2, -0.15) is 0 Å². The summed E-state index contributed by atoms with van der Waals surface area (Å²) in [6.45, 7) is 2.38. The molecule has 0 spiro atoms. The Morgan fingerprint density at radius 2 is 1.95 bits per heavy atom. The van der Waals surface area contributed by atoms with Crippen molar-refractivity contribution in [1.82, 2.24) is 4.98 Å². The van der Waals surface area contributed by atoms with Crippen molar-refractivity contribution in [2.75, 3.05) is 6.61 Å². The van der Waals surface area contributed by atoms with Gasteiger partial charge in [0, 0.05) is 11.7 Å². The maximum Gasteiger partial charge on any atom is 0.198 e. The van der Waals surface area contributed by atoms with E-state index < -0.39 is 5.82 Å². The Hall–Kier alpha value is -2.62. The van der Waals surface area contributed by atoms with Crippen molar-refractivity contribution < 1.29 is 13.9 Å². The number of carbonyl (C=O) groups excluding carboxylic acids is 1. The van der Waals surface area contributed by atoms with E-state index in [0.717, 1.165) is 5.52 Å². The summed E-state index contributed by atoms with van der Waals surface area (Å²) in [5.41, 5.74) is 1.27. The molecule has 3 rings (SSSR count). The number of hydrogen-bond donors (Lipinski definition) is 1. The van der Waals surface area contributed by atoms with E-state index in [2.05, 4.69) is 4.98 Å². The van der Waals surface area contributed by atoms with E-state index in [4.69, 9.17) is 4.74 Å². The minimum atomic E-state index is -0.522. The summed E-state index contributed by atoms with van der Waals surface area (Å²) in [6, 6.07) is 11.5. The molecule has 0 bridgehead atoms. The molecule has 21 heavy (non-hydrogen) atoms. The van der Waals surface area contributed by atoms with Crippen LogP contribution in [0.4, 0.5) is 4.39 Å². The molecule has 0 aliphatic carbocycles. The predicted molar refractivity (Wildman–Crippen MR) is 79.3 cm³/mol. The predicted octanol–water partition coefficient (Wildman–Crippen LogP) is 3.94. The summed E-state index contributed by atoms with van der Waals surface area (Å²) in [7, 11) is 0. The van der Waals surface area contributed by atoms with Crippen LogP contribution in [0, 0.1) is 5.82 Å². The second kappa shape index (κ2) is 5.40. The van der Waals surface area contributed by atoms with Crippen molar-refractivity contribution in [2.45, 2.75) is 6.92 Å². The number of aromatic amines is 1. The van der Waals surface area contributed by atoms with Crippen LogP contribution < -0.4 is 4.74 Å². The van der Waals surface area contributed by atoms with E-state index in [9.17, 15) is 9.18 Å². The second-order valence-corrected chi connectivity index (χ2v) is 4.62. The maximum absolute atomic E-state index is 13.8. The molecular formula is C17H14FNO2. The minimum absolute atomic E-state index is 0.0599. The molecule has 0 fully saturated rings. The summed E-state index contributed by atoms with van der Waals surface area (Å²) >= 11 is 0. The van der Waals surface area contributed by atoms with Gasteiger partial charge < -0.3 is 9.72 Å². The van der Waals surface area contributed by atoms with Crippen molar-refractivity contribution in [1.29, 1.82) is 0 Å². The first-order chi connectivity index (χ1) is 10.2. The number of hydrogen-bond acceptors (Lipinski definition) is 2. The summed E-state index contributed by atoms with van der Waals surface area (Å²) in [5.74, 6) is -0.256. The third kappa shape index (κ3) is 2.29. The summed E-state index contributed by atoms with van der Waals surface area (Å²) in [4.78, 5) is 15.6. The number of fused-ring (bicyclic) bond motifs is 1. The maximum atomic E-state index is 13.8. The number of benzene rings is 2. The molecule has 0 saturated heterocycles. The molecule has 0 aliphatic rings. The van der Waals surface area contributed by atoms with Gasteiger partial charge in [0.1, 0.15) is 11.6 Å². The molecule has 1 N–H and O–H groups in total. The zero-order chi connectivity index (χ0) is 14.8.